The van der Waals surface area contributed by atoms with Gasteiger partial charge in [0.2, 0.25) is 5.91 Å². The summed E-state index contributed by atoms with van der Waals surface area (Å²) in [5, 5.41) is 2.80. The number of piperidine rings is 1. The van der Waals surface area contributed by atoms with E-state index in [4.69, 9.17) is 11.6 Å². The second kappa shape index (κ2) is 8.41. The van der Waals surface area contributed by atoms with E-state index < -0.39 is 29.4 Å². The van der Waals surface area contributed by atoms with Crippen LogP contribution < -0.4 is 5.32 Å². The van der Waals surface area contributed by atoms with Gasteiger partial charge in [0.15, 0.2) is 0 Å². The van der Waals surface area contributed by atoms with E-state index in [1.165, 1.54) is 17.0 Å². The number of carbonyl (C=O) groups excluding carboxylic acids is 2. The van der Waals surface area contributed by atoms with Gasteiger partial charge in [0.25, 0.3) is 5.91 Å². The monoisotopic (exact) mass is 428 g/mol. The van der Waals surface area contributed by atoms with Crippen LogP contribution in [0.1, 0.15) is 28.8 Å². The minimum absolute atomic E-state index is 0.00856. The smallest absolute Gasteiger partial charge is 0.339 e. The molecule has 0 aliphatic carbocycles. The molecule has 0 saturated carbocycles. The van der Waals surface area contributed by atoms with Crippen LogP contribution in [0, 0.1) is 11.7 Å². The molecule has 29 heavy (non-hydrogen) atoms. The van der Waals surface area contributed by atoms with Crippen molar-refractivity contribution in [2.45, 2.75) is 19.0 Å². The summed E-state index contributed by atoms with van der Waals surface area (Å²) < 4.78 is 51.7. The maximum Gasteiger partial charge on any atom is 0.416 e. The molecule has 1 fully saturated rings. The van der Waals surface area contributed by atoms with E-state index in [-0.39, 0.29) is 30.2 Å². The molecule has 0 bridgehead atoms. The van der Waals surface area contributed by atoms with Crippen LogP contribution in [0.3, 0.4) is 0 Å². The zero-order chi connectivity index (χ0) is 21.2. The van der Waals surface area contributed by atoms with Gasteiger partial charge in [0.05, 0.1) is 11.3 Å². The summed E-state index contributed by atoms with van der Waals surface area (Å²) in [7, 11) is 0. The number of likely N-dealkylation sites (tertiary alicyclic amines) is 1. The molecule has 0 unspecified atom stereocenters. The van der Waals surface area contributed by atoms with Crippen LogP contribution in [0.5, 0.6) is 0 Å². The Morgan fingerprint density at radius 2 is 1.66 bits per heavy atom. The van der Waals surface area contributed by atoms with E-state index in [1.54, 1.807) is 0 Å². The van der Waals surface area contributed by atoms with E-state index in [9.17, 15) is 27.2 Å². The number of hydrogen-bond donors (Lipinski definition) is 1. The molecule has 2 amide bonds. The Kier molecular flexibility index (Phi) is 6.12. The van der Waals surface area contributed by atoms with E-state index in [0.717, 1.165) is 30.3 Å². The van der Waals surface area contributed by atoms with Gasteiger partial charge in [-0.15, -0.1) is 0 Å². The molecule has 2 aromatic rings. The van der Waals surface area contributed by atoms with E-state index in [0.29, 0.717) is 17.9 Å². The van der Waals surface area contributed by atoms with Crippen molar-refractivity contribution in [3.05, 3.63) is 64.4 Å². The minimum Gasteiger partial charge on any atom is -0.339 e. The molecule has 0 radical (unpaired) electrons. The van der Waals surface area contributed by atoms with Gasteiger partial charge in [0.1, 0.15) is 5.82 Å². The Balaban J connectivity index is 1.57. The molecule has 4 nitrogen and oxygen atoms in total. The SMILES string of the molecule is O=C(Nc1cc(Cl)ccc1F)C1CCN(C(=O)c2ccc(C(F)(F)F)cc2)CC1. The number of anilines is 1. The lowest BCUT2D eigenvalue weighted by Gasteiger charge is -2.31. The highest BCUT2D eigenvalue weighted by Gasteiger charge is 2.31. The van der Waals surface area contributed by atoms with Gasteiger partial charge in [-0.2, -0.15) is 13.2 Å². The van der Waals surface area contributed by atoms with Crippen LogP contribution in [0.2, 0.25) is 5.02 Å². The van der Waals surface area contributed by atoms with Crippen LogP contribution >= 0.6 is 11.6 Å². The van der Waals surface area contributed by atoms with Gasteiger partial charge in [-0.05, 0) is 55.3 Å². The predicted molar refractivity (Wildman–Crippen MR) is 100 cm³/mol. The van der Waals surface area contributed by atoms with Crippen molar-refractivity contribution in [3.63, 3.8) is 0 Å². The molecule has 1 heterocycles. The Morgan fingerprint density at radius 1 is 1.03 bits per heavy atom. The Labute approximate surface area is 169 Å². The van der Waals surface area contributed by atoms with Crippen LogP contribution in [-0.2, 0) is 11.0 Å². The van der Waals surface area contributed by atoms with Gasteiger partial charge >= 0.3 is 6.18 Å². The van der Waals surface area contributed by atoms with Crippen molar-refractivity contribution in [1.82, 2.24) is 4.90 Å². The quantitative estimate of drug-likeness (QED) is 0.700. The molecule has 154 valence electrons. The molecule has 2 aromatic carbocycles. The Hall–Kier alpha value is -2.61. The summed E-state index contributed by atoms with van der Waals surface area (Å²) in [6.07, 6.45) is -3.74. The van der Waals surface area contributed by atoms with E-state index in [2.05, 4.69) is 5.32 Å². The first-order valence-corrected chi connectivity index (χ1v) is 9.25. The second-order valence-corrected chi connectivity index (χ2v) is 7.19. The zero-order valence-corrected chi connectivity index (χ0v) is 15.9. The number of nitrogens with zero attached hydrogens (tertiary/aromatic N) is 1. The summed E-state index contributed by atoms with van der Waals surface area (Å²) >= 11 is 5.81. The summed E-state index contributed by atoms with van der Waals surface area (Å²) in [6, 6.07) is 7.87. The van der Waals surface area contributed by atoms with Crippen molar-refractivity contribution in [1.29, 1.82) is 0 Å². The maximum absolute atomic E-state index is 13.8. The number of alkyl halides is 3. The number of rotatable bonds is 3. The molecule has 1 aliphatic heterocycles. The molecule has 0 spiro atoms. The highest BCUT2D eigenvalue weighted by Crippen LogP contribution is 2.29. The van der Waals surface area contributed by atoms with Crippen molar-refractivity contribution < 1.29 is 27.2 Å². The Bertz CT molecular complexity index is 908. The van der Waals surface area contributed by atoms with Crippen molar-refractivity contribution in [3.8, 4) is 0 Å². The lowest BCUT2D eigenvalue weighted by atomic mass is 9.95. The highest BCUT2D eigenvalue weighted by atomic mass is 35.5. The third-order valence-corrected chi connectivity index (χ3v) is 5.03. The predicted octanol–water partition coefficient (Wildman–Crippen LogP) is 4.99. The van der Waals surface area contributed by atoms with Crippen LogP contribution in [0.25, 0.3) is 0 Å². The molecule has 1 N–H and O–H groups in total. The fraction of sp³-hybridized carbons (Fsp3) is 0.300. The third kappa shape index (κ3) is 5.06. The van der Waals surface area contributed by atoms with Gasteiger partial charge in [0, 0.05) is 29.6 Å². The maximum atomic E-state index is 13.8. The van der Waals surface area contributed by atoms with Crippen molar-refractivity contribution >= 4 is 29.1 Å². The molecule has 1 aliphatic rings. The third-order valence-electron chi connectivity index (χ3n) is 4.80. The highest BCUT2D eigenvalue weighted by molar-refractivity contribution is 6.30. The number of nitrogens with one attached hydrogen (secondary N) is 1. The van der Waals surface area contributed by atoms with Crippen LogP contribution in [0.4, 0.5) is 23.2 Å². The lowest BCUT2D eigenvalue weighted by Crippen LogP contribution is -2.41. The minimum atomic E-state index is -4.46. The fourth-order valence-electron chi connectivity index (χ4n) is 3.16. The van der Waals surface area contributed by atoms with E-state index >= 15 is 0 Å². The molecule has 3 rings (SSSR count). The largest absolute Gasteiger partial charge is 0.416 e. The van der Waals surface area contributed by atoms with Crippen molar-refractivity contribution in [2.24, 2.45) is 5.92 Å². The van der Waals surface area contributed by atoms with Crippen molar-refractivity contribution in [2.75, 3.05) is 18.4 Å². The van der Waals surface area contributed by atoms with Gasteiger partial charge < -0.3 is 10.2 Å². The second-order valence-electron chi connectivity index (χ2n) is 6.76. The number of amides is 2. The van der Waals surface area contributed by atoms with Gasteiger partial charge in [-0.3, -0.25) is 9.59 Å². The van der Waals surface area contributed by atoms with Crippen LogP contribution in [0.15, 0.2) is 42.5 Å². The number of hydrogen-bond acceptors (Lipinski definition) is 2. The molecule has 0 aromatic heterocycles. The summed E-state index contributed by atoms with van der Waals surface area (Å²) in [5.41, 5.74) is -0.676. The summed E-state index contributed by atoms with van der Waals surface area (Å²) in [6.45, 7) is 0.548. The molecular weight excluding hydrogens is 412 g/mol. The first-order valence-electron chi connectivity index (χ1n) is 8.87. The van der Waals surface area contributed by atoms with E-state index in [1.807, 2.05) is 0 Å². The van der Waals surface area contributed by atoms with Gasteiger partial charge in [-0.1, -0.05) is 11.6 Å². The van der Waals surface area contributed by atoms with Crippen LogP contribution in [-0.4, -0.2) is 29.8 Å². The summed E-state index contributed by atoms with van der Waals surface area (Å²) in [4.78, 5) is 26.4. The molecular formula is C20H17ClF4N2O2. The fourth-order valence-corrected chi connectivity index (χ4v) is 3.33. The van der Waals surface area contributed by atoms with Gasteiger partial charge in [-0.25, -0.2) is 4.39 Å². The normalized spacial score (nSPS) is 15.3. The molecule has 0 atom stereocenters. The zero-order valence-electron chi connectivity index (χ0n) is 15.1. The lowest BCUT2D eigenvalue weighted by molar-refractivity contribution is -0.137. The first kappa shape index (κ1) is 21.1. The summed E-state index contributed by atoms with van der Waals surface area (Å²) in [5.74, 6) is -1.77. The number of halogens is 5. The number of benzene rings is 2. The number of carbonyl (C=O) groups is 2. The first-order chi connectivity index (χ1) is 13.6. The molecule has 1 saturated heterocycles. The topological polar surface area (TPSA) is 49.4 Å². The molecule has 9 heteroatoms. The average Bonchev–Trinajstić information content (AvgIpc) is 2.69. The Morgan fingerprint density at radius 3 is 2.24 bits per heavy atom. The standard InChI is InChI=1S/C20H17ClF4N2O2/c21-15-5-6-16(22)17(11-15)26-18(28)12-7-9-27(10-8-12)19(29)13-1-3-14(4-2-13)20(23,24)25/h1-6,11-12H,7-10H2,(H,26,28). The average molecular weight is 429 g/mol.